The molecular weight excluding hydrogens is 328 g/mol. The van der Waals surface area contributed by atoms with Gasteiger partial charge in [0, 0.05) is 25.0 Å². The van der Waals surface area contributed by atoms with E-state index < -0.39 is 5.60 Å². The molecule has 3 atom stereocenters. The molecule has 0 spiro atoms. The monoisotopic (exact) mass is 364 g/mol. The third-order valence-electron chi connectivity index (χ3n) is 6.54. The Morgan fingerprint density at radius 3 is 2.42 bits per heavy atom. The largest absolute Gasteiger partial charge is 0.460 e. The topological polar surface area (TPSA) is 58.6 Å². The highest BCUT2D eigenvalue weighted by atomic mass is 16.6. The number of amides is 1. The van der Waals surface area contributed by atoms with Gasteiger partial charge in [-0.15, -0.1) is 0 Å². The van der Waals surface area contributed by atoms with Gasteiger partial charge in [-0.1, -0.05) is 26.7 Å². The normalized spacial score (nSPS) is 31.3. The quantitative estimate of drug-likeness (QED) is 0.762. The van der Waals surface area contributed by atoms with E-state index in [9.17, 15) is 9.59 Å². The average Bonchev–Trinajstić information content (AvgIpc) is 3.02. The Kier molecular flexibility index (Phi) is 5.40. The minimum atomic E-state index is -0.430. The number of esters is 1. The molecule has 1 aliphatic heterocycles. The van der Waals surface area contributed by atoms with Crippen LogP contribution in [0.15, 0.2) is 0 Å². The van der Waals surface area contributed by atoms with Crippen molar-refractivity contribution in [3.05, 3.63) is 0 Å². The molecule has 1 N–H and O–H groups in total. The van der Waals surface area contributed by atoms with E-state index >= 15 is 0 Å². The molecule has 5 nitrogen and oxygen atoms in total. The van der Waals surface area contributed by atoms with Gasteiger partial charge in [-0.05, 0) is 57.9 Å². The van der Waals surface area contributed by atoms with Crippen LogP contribution in [0.25, 0.3) is 0 Å². The third kappa shape index (κ3) is 4.24. The molecule has 1 amide bonds. The van der Waals surface area contributed by atoms with Crippen LogP contribution in [0.5, 0.6) is 0 Å². The van der Waals surface area contributed by atoms with Crippen molar-refractivity contribution < 1.29 is 14.3 Å². The molecule has 0 unspecified atom stereocenters. The van der Waals surface area contributed by atoms with Crippen molar-refractivity contribution in [3.63, 3.8) is 0 Å². The highest BCUT2D eigenvalue weighted by molar-refractivity contribution is 5.79. The summed E-state index contributed by atoms with van der Waals surface area (Å²) in [5, 5.41) is 3.62. The Hall–Kier alpha value is -1.10. The predicted octanol–water partition coefficient (Wildman–Crippen LogP) is 2.98. The van der Waals surface area contributed by atoms with Gasteiger partial charge in [-0.25, -0.2) is 0 Å². The van der Waals surface area contributed by atoms with Crippen LogP contribution in [0.3, 0.4) is 0 Å². The smallest absolute Gasteiger partial charge is 0.310 e. The first kappa shape index (κ1) is 19.7. The minimum absolute atomic E-state index is 0.00666. The van der Waals surface area contributed by atoms with Crippen molar-refractivity contribution in [1.82, 2.24) is 10.2 Å². The van der Waals surface area contributed by atoms with E-state index in [2.05, 4.69) is 24.1 Å². The summed E-state index contributed by atoms with van der Waals surface area (Å²) in [6.45, 7) is 12.6. The summed E-state index contributed by atoms with van der Waals surface area (Å²) >= 11 is 0. The van der Waals surface area contributed by atoms with Gasteiger partial charge in [-0.2, -0.15) is 0 Å². The number of carbonyl (C=O) groups excluding carboxylic acids is 2. The van der Waals surface area contributed by atoms with E-state index in [0.717, 1.165) is 38.9 Å². The first-order valence-electron chi connectivity index (χ1n) is 10.3. The molecule has 5 heteroatoms. The zero-order valence-electron chi connectivity index (χ0n) is 17.1. The van der Waals surface area contributed by atoms with E-state index in [-0.39, 0.29) is 23.2 Å². The minimum Gasteiger partial charge on any atom is -0.460 e. The molecule has 1 heterocycles. The van der Waals surface area contributed by atoms with E-state index in [4.69, 9.17) is 4.74 Å². The summed E-state index contributed by atoms with van der Waals surface area (Å²) < 4.78 is 5.59. The summed E-state index contributed by atoms with van der Waals surface area (Å²) in [6, 6.07) is 0.357. The van der Waals surface area contributed by atoms with Gasteiger partial charge >= 0.3 is 5.97 Å². The summed E-state index contributed by atoms with van der Waals surface area (Å²) in [5.41, 5.74) is -0.437. The Morgan fingerprint density at radius 2 is 1.81 bits per heavy atom. The number of nitrogens with zero attached hydrogens (tertiary/aromatic N) is 1. The lowest BCUT2D eigenvalue weighted by Crippen LogP contribution is -2.38. The molecule has 0 bridgehead atoms. The lowest BCUT2D eigenvalue weighted by Gasteiger charge is -2.21. The van der Waals surface area contributed by atoms with Gasteiger partial charge < -0.3 is 15.0 Å². The highest BCUT2D eigenvalue weighted by Crippen LogP contribution is 2.58. The molecule has 3 fully saturated rings. The zero-order chi connectivity index (χ0) is 19.1. The Labute approximate surface area is 158 Å². The van der Waals surface area contributed by atoms with Crippen LogP contribution in [0.1, 0.15) is 66.7 Å². The van der Waals surface area contributed by atoms with Gasteiger partial charge in [0.05, 0.1) is 5.92 Å². The molecule has 3 aliphatic rings. The van der Waals surface area contributed by atoms with E-state index in [1.807, 2.05) is 20.8 Å². The standard InChI is InChI=1S/C21H36N2O3/c1-20(2,3)26-19(25)17-16(21(17,4)5)12-22-15-10-11-23(13-15)18(24)14-8-6-7-9-14/h14-17,22H,6-13H2,1-5H3/t15-,16+,17+/m1/s1. The molecule has 3 rings (SSSR count). The number of likely N-dealkylation sites (tertiary alicyclic amines) is 1. The molecule has 2 aliphatic carbocycles. The molecule has 0 radical (unpaired) electrons. The van der Waals surface area contributed by atoms with Gasteiger partial charge in [0.1, 0.15) is 5.60 Å². The summed E-state index contributed by atoms with van der Waals surface area (Å²) in [5.74, 6) is 0.861. The fourth-order valence-electron chi connectivity index (χ4n) is 4.81. The van der Waals surface area contributed by atoms with E-state index in [0.29, 0.717) is 17.9 Å². The van der Waals surface area contributed by atoms with E-state index in [1.165, 1.54) is 12.8 Å². The number of carbonyl (C=O) groups is 2. The summed E-state index contributed by atoms with van der Waals surface area (Å²) in [4.78, 5) is 27.0. The molecule has 0 aromatic heterocycles. The molecule has 2 saturated carbocycles. The van der Waals surface area contributed by atoms with Crippen molar-refractivity contribution in [1.29, 1.82) is 0 Å². The highest BCUT2D eigenvalue weighted by Gasteiger charge is 2.62. The van der Waals surface area contributed by atoms with E-state index in [1.54, 1.807) is 0 Å². The molecule has 148 valence electrons. The summed E-state index contributed by atoms with van der Waals surface area (Å²) in [7, 11) is 0. The summed E-state index contributed by atoms with van der Waals surface area (Å²) in [6.07, 6.45) is 5.56. The van der Waals surface area contributed by atoms with Gasteiger partial charge in [0.2, 0.25) is 5.91 Å². The lowest BCUT2D eigenvalue weighted by molar-refractivity contribution is -0.157. The molecule has 1 saturated heterocycles. The number of ether oxygens (including phenoxy) is 1. The maximum Gasteiger partial charge on any atom is 0.310 e. The van der Waals surface area contributed by atoms with Crippen LogP contribution in [-0.2, 0) is 14.3 Å². The molecule has 0 aromatic rings. The van der Waals surface area contributed by atoms with Crippen LogP contribution in [-0.4, -0.2) is 48.1 Å². The first-order chi connectivity index (χ1) is 12.1. The SMILES string of the molecule is CC(C)(C)OC(=O)[C@@H]1[C@H](CN[C@@H]2CCN(C(=O)C3CCCC3)C2)C1(C)C. The molecular formula is C21H36N2O3. The second-order valence-corrected chi connectivity index (χ2v) is 10.1. The maximum atomic E-state index is 12.6. The second kappa shape index (κ2) is 7.14. The van der Waals surface area contributed by atoms with Gasteiger partial charge in [0.25, 0.3) is 0 Å². The maximum absolute atomic E-state index is 12.6. The third-order valence-corrected chi connectivity index (χ3v) is 6.54. The molecule has 0 aromatic carbocycles. The van der Waals surface area contributed by atoms with Crippen LogP contribution >= 0.6 is 0 Å². The van der Waals surface area contributed by atoms with Crippen molar-refractivity contribution in [2.24, 2.45) is 23.2 Å². The van der Waals surface area contributed by atoms with Crippen molar-refractivity contribution in [2.75, 3.05) is 19.6 Å². The van der Waals surface area contributed by atoms with Crippen LogP contribution in [0, 0.1) is 23.2 Å². The van der Waals surface area contributed by atoms with Crippen molar-refractivity contribution in [2.45, 2.75) is 78.4 Å². The Bertz CT molecular complexity index is 546. The van der Waals surface area contributed by atoms with Crippen molar-refractivity contribution >= 4 is 11.9 Å². The van der Waals surface area contributed by atoms with Crippen LogP contribution in [0.2, 0.25) is 0 Å². The number of hydrogen-bond donors (Lipinski definition) is 1. The lowest BCUT2D eigenvalue weighted by atomic mass is 10.1. The Balaban J connectivity index is 1.45. The number of nitrogens with one attached hydrogen (secondary N) is 1. The van der Waals surface area contributed by atoms with Crippen LogP contribution < -0.4 is 5.32 Å². The fraction of sp³-hybridized carbons (Fsp3) is 0.905. The van der Waals surface area contributed by atoms with Crippen molar-refractivity contribution in [3.8, 4) is 0 Å². The number of hydrogen-bond acceptors (Lipinski definition) is 4. The Morgan fingerprint density at radius 1 is 1.15 bits per heavy atom. The molecule has 26 heavy (non-hydrogen) atoms. The zero-order valence-corrected chi connectivity index (χ0v) is 17.1. The predicted molar refractivity (Wildman–Crippen MR) is 102 cm³/mol. The van der Waals surface area contributed by atoms with Gasteiger partial charge in [-0.3, -0.25) is 9.59 Å². The first-order valence-corrected chi connectivity index (χ1v) is 10.3. The second-order valence-electron chi connectivity index (χ2n) is 10.1. The fourth-order valence-corrected chi connectivity index (χ4v) is 4.81. The van der Waals surface area contributed by atoms with Crippen LogP contribution in [0.4, 0.5) is 0 Å². The van der Waals surface area contributed by atoms with Gasteiger partial charge in [0.15, 0.2) is 0 Å². The number of rotatable bonds is 5. The average molecular weight is 365 g/mol.